The van der Waals surface area contributed by atoms with Gasteiger partial charge in [0.25, 0.3) is 0 Å². The molecule has 0 heterocycles. The van der Waals surface area contributed by atoms with Gasteiger partial charge in [-0.3, -0.25) is 0 Å². The molecule has 2 nitrogen and oxygen atoms in total. The molecule has 1 aromatic rings. The Morgan fingerprint density at radius 2 is 2.00 bits per heavy atom. The second kappa shape index (κ2) is 7.71. The number of nitrogens with one attached hydrogen (secondary N) is 1. The lowest BCUT2D eigenvalue weighted by molar-refractivity contribution is 0.239. The zero-order valence-corrected chi connectivity index (χ0v) is 10.9. The number of hydrogen-bond acceptors (Lipinski definition) is 3. The zero-order chi connectivity index (χ0) is 11.8. The van der Waals surface area contributed by atoms with E-state index in [-0.39, 0.29) is 12.6 Å². The van der Waals surface area contributed by atoms with Crippen molar-refractivity contribution in [3.63, 3.8) is 0 Å². The predicted octanol–water partition coefficient (Wildman–Crippen LogP) is 2.20. The van der Waals surface area contributed by atoms with Crippen molar-refractivity contribution in [3.8, 4) is 0 Å². The van der Waals surface area contributed by atoms with Crippen molar-refractivity contribution in [2.45, 2.75) is 25.9 Å². The van der Waals surface area contributed by atoms with Crippen LogP contribution in [0.25, 0.3) is 0 Å². The van der Waals surface area contributed by atoms with Gasteiger partial charge in [0.2, 0.25) is 0 Å². The molecule has 0 fully saturated rings. The van der Waals surface area contributed by atoms with Gasteiger partial charge in [0.05, 0.1) is 6.61 Å². The molecule has 0 saturated carbocycles. The zero-order valence-electron chi connectivity index (χ0n) is 10.1. The van der Waals surface area contributed by atoms with E-state index in [4.69, 9.17) is 0 Å². The summed E-state index contributed by atoms with van der Waals surface area (Å²) in [5.74, 6) is 1.09. The van der Waals surface area contributed by atoms with Crippen LogP contribution in [-0.2, 0) is 6.54 Å². The highest BCUT2D eigenvalue weighted by atomic mass is 32.2. The van der Waals surface area contributed by atoms with Crippen molar-refractivity contribution in [2.24, 2.45) is 0 Å². The maximum Gasteiger partial charge on any atom is 0.0585 e. The molecule has 1 atom stereocenters. The van der Waals surface area contributed by atoms with Crippen LogP contribution in [0.15, 0.2) is 24.3 Å². The Morgan fingerprint density at radius 1 is 1.31 bits per heavy atom. The lowest BCUT2D eigenvalue weighted by atomic mass is 10.1. The molecule has 0 spiro atoms. The van der Waals surface area contributed by atoms with Crippen LogP contribution in [0.1, 0.15) is 17.5 Å². The third kappa shape index (κ3) is 5.01. The first-order chi connectivity index (χ1) is 7.76. The van der Waals surface area contributed by atoms with Crippen molar-refractivity contribution >= 4 is 11.8 Å². The highest BCUT2D eigenvalue weighted by molar-refractivity contribution is 7.98. The van der Waals surface area contributed by atoms with Gasteiger partial charge in [-0.05, 0) is 30.9 Å². The largest absolute Gasteiger partial charge is 0.395 e. The van der Waals surface area contributed by atoms with Crippen LogP contribution in [0.5, 0.6) is 0 Å². The Bertz CT molecular complexity index is 286. The predicted molar refractivity (Wildman–Crippen MR) is 71.9 cm³/mol. The summed E-state index contributed by atoms with van der Waals surface area (Å²) >= 11 is 1.82. The molecule has 16 heavy (non-hydrogen) atoms. The topological polar surface area (TPSA) is 32.3 Å². The molecular weight excluding hydrogens is 218 g/mol. The Kier molecular flexibility index (Phi) is 6.53. The maximum absolute atomic E-state index is 9.20. The van der Waals surface area contributed by atoms with Crippen LogP contribution in [0.4, 0.5) is 0 Å². The standard InChI is InChI=1S/C13H21NOS/c1-11-3-5-12(6-4-11)9-14-13(10-15)7-8-16-2/h3-6,13-15H,7-10H2,1-2H3. The summed E-state index contributed by atoms with van der Waals surface area (Å²) in [6, 6.07) is 8.71. The number of hydrogen-bond donors (Lipinski definition) is 2. The average Bonchev–Trinajstić information content (AvgIpc) is 2.32. The fourth-order valence-electron chi connectivity index (χ4n) is 1.49. The van der Waals surface area contributed by atoms with Gasteiger partial charge < -0.3 is 10.4 Å². The summed E-state index contributed by atoms with van der Waals surface area (Å²) in [5, 5.41) is 12.6. The summed E-state index contributed by atoms with van der Waals surface area (Å²) in [6.07, 6.45) is 3.11. The van der Waals surface area contributed by atoms with Crippen LogP contribution in [0.3, 0.4) is 0 Å². The average molecular weight is 239 g/mol. The molecule has 3 heteroatoms. The van der Waals surface area contributed by atoms with Gasteiger partial charge in [0.1, 0.15) is 0 Å². The fourth-order valence-corrected chi connectivity index (χ4v) is 2.01. The van der Waals surface area contributed by atoms with Gasteiger partial charge in [-0.1, -0.05) is 29.8 Å². The van der Waals surface area contributed by atoms with Crippen LogP contribution in [0.2, 0.25) is 0 Å². The van der Waals surface area contributed by atoms with Gasteiger partial charge >= 0.3 is 0 Å². The summed E-state index contributed by atoms with van der Waals surface area (Å²) in [5.41, 5.74) is 2.55. The van der Waals surface area contributed by atoms with Crippen LogP contribution in [-0.4, -0.2) is 29.8 Å². The molecule has 90 valence electrons. The maximum atomic E-state index is 9.20. The number of rotatable bonds is 7. The number of aryl methyl sites for hydroxylation is 1. The molecule has 0 aromatic heterocycles. The summed E-state index contributed by atoms with van der Waals surface area (Å²) < 4.78 is 0. The monoisotopic (exact) mass is 239 g/mol. The van der Waals surface area contributed by atoms with E-state index in [1.54, 1.807) is 0 Å². The molecule has 0 radical (unpaired) electrons. The van der Waals surface area contributed by atoms with Crippen LogP contribution >= 0.6 is 11.8 Å². The van der Waals surface area contributed by atoms with Crippen molar-refractivity contribution in [3.05, 3.63) is 35.4 Å². The van der Waals surface area contributed by atoms with Gasteiger partial charge in [-0.25, -0.2) is 0 Å². The summed E-state index contributed by atoms with van der Waals surface area (Å²) in [4.78, 5) is 0. The number of aliphatic hydroxyl groups is 1. The van der Waals surface area contributed by atoms with E-state index in [1.807, 2.05) is 11.8 Å². The van der Waals surface area contributed by atoms with Crippen LogP contribution < -0.4 is 5.32 Å². The van der Waals surface area contributed by atoms with E-state index in [9.17, 15) is 5.11 Å². The minimum atomic E-state index is 0.215. The molecule has 1 aromatic carbocycles. The van der Waals surface area contributed by atoms with Crippen LogP contribution in [0, 0.1) is 6.92 Å². The van der Waals surface area contributed by atoms with Gasteiger partial charge in [0, 0.05) is 12.6 Å². The quantitative estimate of drug-likeness (QED) is 0.765. The molecule has 0 aliphatic rings. The molecule has 1 unspecified atom stereocenters. The highest BCUT2D eigenvalue weighted by Gasteiger charge is 2.05. The van der Waals surface area contributed by atoms with E-state index in [1.165, 1.54) is 11.1 Å². The minimum absolute atomic E-state index is 0.215. The van der Waals surface area contributed by atoms with Gasteiger partial charge in [-0.2, -0.15) is 11.8 Å². The van der Waals surface area contributed by atoms with Crippen molar-refractivity contribution in [1.29, 1.82) is 0 Å². The van der Waals surface area contributed by atoms with Crippen molar-refractivity contribution in [2.75, 3.05) is 18.6 Å². The van der Waals surface area contributed by atoms with E-state index >= 15 is 0 Å². The molecule has 0 bridgehead atoms. The normalized spacial score (nSPS) is 12.7. The highest BCUT2D eigenvalue weighted by Crippen LogP contribution is 2.05. The number of aliphatic hydroxyl groups excluding tert-OH is 1. The Hall–Kier alpha value is -0.510. The van der Waals surface area contributed by atoms with Crippen molar-refractivity contribution < 1.29 is 5.11 Å². The Labute approximate surface area is 102 Å². The van der Waals surface area contributed by atoms with Gasteiger partial charge in [-0.15, -0.1) is 0 Å². The first kappa shape index (κ1) is 13.6. The third-order valence-electron chi connectivity index (χ3n) is 2.61. The smallest absolute Gasteiger partial charge is 0.0585 e. The number of thioether (sulfide) groups is 1. The molecule has 0 saturated heterocycles. The molecule has 2 N–H and O–H groups in total. The third-order valence-corrected chi connectivity index (χ3v) is 3.25. The first-order valence-corrected chi connectivity index (χ1v) is 7.04. The lowest BCUT2D eigenvalue weighted by Gasteiger charge is -2.15. The van der Waals surface area contributed by atoms with Crippen molar-refractivity contribution in [1.82, 2.24) is 5.32 Å². The second-order valence-electron chi connectivity index (χ2n) is 4.03. The fraction of sp³-hybridized carbons (Fsp3) is 0.538. The second-order valence-corrected chi connectivity index (χ2v) is 5.01. The van der Waals surface area contributed by atoms with E-state index in [0.717, 1.165) is 18.7 Å². The molecule has 0 aliphatic heterocycles. The lowest BCUT2D eigenvalue weighted by Crippen LogP contribution is -2.32. The summed E-state index contributed by atoms with van der Waals surface area (Å²) in [7, 11) is 0. The molecule has 1 rings (SSSR count). The van der Waals surface area contributed by atoms with Gasteiger partial charge in [0.15, 0.2) is 0 Å². The van der Waals surface area contributed by atoms with E-state index in [2.05, 4.69) is 42.8 Å². The van der Waals surface area contributed by atoms with E-state index in [0.29, 0.717) is 0 Å². The summed E-state index contributed by atoms with van der Waals surface area (Å²) in [6.45, 7) is 3.14. The van der Waals surface area contributed by atoms with E-state index < -0.39 is 0 Å². The molecular formula is C13H21NOS. The minimum Gasteiger partial charge on any atom is -0.395 e. The number of benzene rings is 1. The SMILES string of the molecule is CSCCC(CO)NCc1ccc(C)cc1. The molecule has 0 amide bonds. The Morgan fingerprint density at radius 3 is 2.56 bits per heavy atom. The Balaban J connectivity index is 2.34. The molecule has 0 aliphatic carbocycles. The first-order valence-electron chi connectivity index (χ1n) is 5.65.